The first-order chi connectivity index (χ1) is 4.70. The van der Waals surface area contributed by atoms with Crippen molar-refractivity contribution in [3.63, 3.8) is 0 Å². The number of aromatic nitrogens is 1. The number of nitrogens with zero attached hydrogens (tertiary/aromatic N) is 1. The average molecular weight is 138 g/mol. The van der Waals surface area contributed by atoms with E-state index in [0.29, 0.717) is 5.56 Å². The first kappa shape index (κ1) is 7.18. The van der Waals surface area contributed by atoms with Gasteiger partial charge in [-0.25, -0.2) is 0 Å². The van der Waals surface area contributed by atoms with Crippen molar-refractivity contribution >= 4 is 0 Å². The van der Waals surface area contributed by atoms with Gasteiger partial charge in [-0.2, -0.15) is 0 Å². The van der Waals surface area contributed by atoms with E-state index >= 15 is 0 Å². The predicted molar refractivity (Wildman–Crippen MR) is 38.1 cm³/mol. The van der Waals surface area contributed by atoms with Crippen molar-refractivity contribution in [3.05, 3.63) is 29.6 Å². The highest BCUT2D eigenvalue weighted by atomic mass is 16.3. The lowest BCUT2D eigenvalue weighted by atomic mass is 10.2. The van der Waals surface area contributed by atoms with Gasteiger partial charge < -0.3 is 10.8 Å². The summed E-state index contributed by atoms with van der Waals surface area (Å²) in [5, 5.41) is 8.90. The molecule has 0 saturated heterocycles. The highest BCUT2D eigenvalue weighted by Crippen LogP contribution is 2.06. The van der Waals surface area contributed by atoms with Crippen LogP contribution >= 0.6 is 0 Å². The first-order valence-electron chi connectivity index (χ1n) is 3.06. The second-order valence-electron chi connectivity index (χ2n) is 2.18. The summed E-state index contributed by atoms with van der Waals surface area (Å²) >= 11 is 0. The maximum absolute atomic E-state index is 8.90. The molecule has 0 aliphatic heterocycles. The summed E-state index contributed by atoms with van der Waals surface area (Å²) in [4.78, 5) is 3.96. The van der Waals surface area contributed by atoms with Crippen LogP contribution in [0.1, 0.15) is 17.5 Å². The second-order valence-corrected chi connectivity index (χ2v) is 2.18. The lowest BCUT2D eigenvalue weighted by molar-refractivity contribution is 0.186. The molecule has 0 saturated carbocycles. The molecule has 1 aromatic rings. The fourth-order valence-corrected chi connectivity index (χ4v) is 0.751. The molecule has 1 heterocycles. The van der Waals surface area contributed by atoms with Crippen molar-refractivity contribution in [2.45, 2.75) is 13.2 Å². The molecule has 0 amide bonds. The molecule has 10 heavy (non-hydrogen) atoms. The summed E-state index contributed by atoms with van der Waals surface area (Å²) < 4.78 is 0. The van der Waals surface area contributed by atoms with Crippen LogP contribution in [0.25, 0.3) is 0 Å². The van der Waals surface area contributed by atoms with Crippen LogP contribution in [0.4, 0.5) is 0 Å². The Morgan fingerprint density at radius 3 is 2.80 bits per heavy atom. The quantitative estimate of drug-likeness (QED) is 0.550. The van der Waals surface area contributed by atoms with E-state index in [1.165, 1.54) is 0 Å². The molecular formula is C7H10N2O. The van der Waals surface area contributed by atoms with Gasteiger partial charge in [0, 0.05) is 11.9 Å². The maximum atomic E-state index is 8.90. The van der Waals surface area contributed by atoms with Crippen molar-refractivity contribution in [3.8, 4) is 0 Å². The van der Waals surface area contributed by atoms with Crippen molar-refractivity contribution in [1.29, 1.82) is 0 Å². The van der Waals surface area contributed by atoms with E-state index in [1.54, 1.807) is 18.3 Å². The van der Waals surface area contributed by atoms with Gasteiger partial charge in [0.15, 0.2) is 0 Å². The predicted octanol–water partition coefficient (Wildman–Crippen LogP) is 0.340. The van der Waals surface area contributed by atoms with Crippen molar-refractivity contribution < 1.29 is 5.11 Å². The summed E-state index contributed by atoms with van der Waals surface area (Å²) in [7, 11) is 0. The summed E-state index contributed by atoms with van der Waals surface area (Å²) in [5.41, 5.74) is 6.77. The molecule has 0 radical (unpaired) electrons. The van der Waals surface area contributed by atoms with Crippen molar-refractivity contribution in [2.75, 3.05) is 0 Å². The third-order valence-corrected chi connectivity index (χ3v) is 1.26. The number of aliphatic hydroxyl groups is 1. The number of aryl methyl sites for hydroxylation is 1. The molecule has 54 valence electrons. The molecule has 0 aliphatic rings. The molecule has 1 aromatic heterocycles. The Labute approximate surface area is 59.5 Å². The molecule has 0 aliphatic carbocycles. The zero-order valence-electron chi connectivity index (χ0n) is 5.78. The Morgan fingerprint density at radius 2 is 2.40 bits per heavy atom. The van der Waals surface area contributed by atoms with Crippen LogP contribution in [0.2, 0.25) is 0 Å². The van der Waals surface area contributed by atoms with Crippen LogP contribution in [-0.4, -0.2) is 10.1 Å². The molecular weight excluding hydrogens is 128 g/mol. The van der Waals surface area contributed by atoms with E-state index in [1.807, 2.05) is 6.92 Å². The van der Waals surface area contributed by atoms with E-state index in [-0.39, 0.29) is 0 Å². The number of hydrogen-bond acceptors (Lipinski definition) is 3. The minimum atomic E-state index is -0.887. The monoisotopic (exact) mass is 138 g/mol. The minimum Gasteiger partial charge on any atom is -0.375 e. The fraction of sp³-hybridized carbons (Fsp3) is 0.286. The third-order valence-electron chi connectivity index (χ3n) is 1.26. The summed E-state index contributed by atoms with van der Waals surface area (Å²) in [6, 6.07) is 3.45. The number of aliphatic hydroxyl groups excluding tert-OH is 1. The van der Waals surface area contributed by atoms with E-state index in [9.17, 15) is 0 Å². The van der Waals surface area contributed by atoms with Gasteiger partial charge >= 0.3 is 0 Å². The Morgan fingerprint density at radius 1 is 1.70 bits per heavy atom. The fourth-order valence-electron chi connectivity index (χ4n) is 0.751. The Kier molecular flexibility index (Phi) is 1.99. The first-order valence-corrected chi connectivity index (χ1v) is 3.06. The molecule has 0 bridgehead atoms. The highest BCUT2D eigenvalue weighted by molar-refractivity contribution is 5.16. The van der Waals surface area contributed by atoms with E-state index in [2.05, 4.69) is 4.98 Å². The summed E-state index contributed by atoms with van der Waals surface area (Å²) in [6.07, 6.45) is 0.738. The van der Waals surface area contributed by atoms with E-state index in [0.717, 1.165) is 5.69 Å². The van der Waals surface area contributed by atoms with Crippen LogP contribution in [0.15, 0.2) is 18.3 Å². The smallest absolute Gasteiger partial charge is 0.128 e. The number of pyridine rings is 1. The highest BCUT2D eigenvalue weighted by Gasteiger charge is 1.98. The van der Waals surface area contributed by atoms with Gasteiger partial charge in [0.05, 0.1) is 0 Å². The molecule has 3 nitrogen and oxygen atoms in total. The van der Waals surface area contributed by atoms with E-state index < -0.39 is 6.23 Å². The SMILES string of the molecule is Cc1cc(C(N)O)ccn1. The van der Waals surface area contributed by atoms with Gasteiger partial charge in [-0.3, -0.25) is 4.98 Å². The lowest BCUT2D eigenvalue weighted by Gasteiger charge is -2.03. The molecule has 0 fully saturated rings. The number of hydrogen-bond donors (Lipinski definition) is 2. The topological polar surface area (TPSA) is 59.1 Å². The largest absolute Gasteiger partial charge is 0.375 e. The molecule has 1 atom stereocenters. The molecule has 3 heteroatoms. The molecule has 0 aromatic carbocycles. The molecule has 3 N–H and O–H groups in total. The van der Waals surface area contributed by atoms with Gasteiger partial charge in [0.2, 0.25) is 0 Å². The minimum absolute atomic E-state index is 0.701. The number of nitrogens with two attached hydrogens (primary N) is 1. The molecule has 1 unspecified atom stereocenters. The summed E-state index contributed by atoms with van der Waals surface area (Å²) in [6.45, 7) is 1.85. The molecule has 0 spiro atoms. The third kappa shape index (κ3) is 1.52. The van der Waals surface area contributed by atoms with Gasteiger partial charge in [0.25, 0.3) is 0 Å². The summed E-state index contributed by atoms with van der Waals surface area (Å²) in [5.74, 6) is 0. The van der Waals surface area contributed by atoms with Crippen molar-refractivity contribution in [2.24, 2.45) is 5.73 Å². The standard InChI is InChI=1S/C7H10N2O/c1-5-4-6(7(8)10)2-3-9-5/h2-4,7,10H,8H2,1H3. The van der Waals surface area contributed by atoms with Crippen LogP contribution in [0.5, 0.6) is 0 Å². The van der Waals surface area contributed by atoms with Crippen LogP contribution in [-0.2, 0) is 0 Å². The van der Waals surface area contributed by atoms with Gasteiger partial charge in [-0.15, -0.1) is 0 Å². The average Bonchev–Trinajstić information content (AvgIpc) is 1.88. The molecule has 1 rings (SSSR count). The zero-order valence-corrected chi connectivity index (χ0v) is 5.78. The maximum Gasteiger partial charge on any atom is 0.128 e. The second kappa shape index (κ2) is 2.77. The van der Waals surface area contributed by atoms with Gasteiger partial charge in [-0.1, -0.05) is 0 Å². The van der Waals surface area contributed by atoms with Crippen LogP contribution in [0, 0.1) is 6.92 Å². The Balaban J connectivity index is 2.96. The van der Waals surface area contributed by atoms with Crippen LogP contribution < -0.4 is 5.73 Å². The van der Waals surface area contributed by atoms with Gasteiger partial charge in [-0.05, 0) is 24.6 Å². The van der Waals surface area contributed by atoms with Crippen molar-refractivity contribution in [1.82, 2.24) is 4.98 Å². The number of rotatable bonds is 1. The van der Waals surface area contributed by atoms with Crippen LogP contribution in [0.3, 0.4) is 0 Å². The van der Waals surface area contributed by atoms with Gasteiger partial charge in [0.1, 0.15) is 6.23 Å². The Bertz CT molecular complexity index is 223. The normalized spacial score (nSPS) is 13.1. The van der Waals surface area contributed by atoms with E-state index in [4.69, 9.17) is 10.8 Å². The lowest BCUT2D eigenvalue weighted by Crippen LogP contribution is -2.08. The Hall–Kier alpha value is -0.930. The zero-order chi connectivity index (χ0) is 7.56.